The number of nitrogens with zero attached hydrogens (tertiary/aromatic N) is 3. The smallest absolute Gasteiger partial charge is 0.419 e. The molecule has 0 bridgehead atoms. The highest BCUT2D eigenvalue weighted by atomic mass is 19.4. The Hall–Kier alpha value is -3.89. The molecule has 8 nitrogen and oxygen atoms in total. The van der Waals surface area contributed by atoms with E-state index in [0.29, 0.717) is 55.8 Å². The number of nitrogens with two attached hydrogens (primary N) is 1. The topological polar surface area (TPSA) is 95.9 Å². The standard InChI is InChI=1S/C26H27F3N4O4/c1-16(30)33-10-2-5-20(33)25-31-24(32-37-25)18-7-9-21(19(15-18)26(27,28)29)34-11-3-4-17-6-8-22-23(14-17)36-13-12-35-22/h6-9,14-15,20H,1-5,10-13,30H2/t20-/m0/s1. The average Bonchev–Trinajstić information content (AvgIpc) is 3.56. The van der Waals surface area contributed by atoms with Crippen LogP contribution in [0.15, 0.2) is 53.3 Å². The van der Waals surface area contributed by atoms with Crippen molar-refractivity contribution < 1.29 is 31.9 Å². The van der Waals surface area contributed by atoms with Crippen LogP contribution in [0.3, 0.4) is 0 Å². The number of likely N-dealkylation sites (tertiary alicyclic amines) is 1. The van der Waals surface area contributed by atoms with Crippen LogP contribution in [0.4, 0.5) is 13.2 Å². The summed E-state index contributed by atoms with van der Waals surface area (Å²) in [6, 6.07) is 9.17. The lowest BCUT2D eigenvalue weighted by Gasteiger charge is -2.22. The van der Waals surface area contributed by atoms with Gasteiger partial charge in [-0.15, -0.1) is 0 Å². The number of benzene rings is 2. The normalized spacial score (nSPS) is 17.2. The molecule has 0 aliphatic carbocycles. The number of ether oxygens (including phenoxy) is 3. The number of aromatic nitrogens is 2. The summed E-state index contributed by atoms with van der Waals surface area (Å²) >= 11 is 0. The fraction of sp³-hybridized carbons (Fsp3) is 0.385. The minimum atomic E-state index is -4.62. The van der Waals surface area contributed by atoms with E-state index in [2.05, 4.69) is 16.7 Å². The van der Waals surface area contributed by atoms with E-state index in [9.17, 15) is 13.2 Å². The predicted octanol–water partition coefficient (Wildman–Crippen LogP) is 5.11. The molecule has 1 aromatic heterocycles. The van der Waals surface area contributed by atoms with Gasteiger partial charge in [-0.25, -0.2) is 0 Å². The van der Waals surface area contributed by atoms with Gasteiger partial charge >= 0.3 is 6.18 Å². The minimum Gasteiger partial charge on any atom is -0.493 e. The maximum absolute atomic E-state index is 13.9. The molecule has 2 aliphatic rings. The molecule has 196 valence electrons. The van der Waals surface area contributed by atoms with E-state index in [1.54, 1.807) is 0 Å². The van der Waals surface area contributed by atoms with Gasteiger partial charge in [-0.05, 0) is 61.6 Å². The van der Waals surface area contributed by atoms with Crippen molar-refractivity contribution in [1.29, 1.82) is 0 Å². The maximum atomic E-state index is 13.9. The van der Waals surface area contributed by atoms with Crippen LogP contribution in [0.2, 0.25) is 0 Å². The number of hydrogen-bond donors (Lipinski definition) is 1. The number of alkyl halides is 3. The summed E-state index contributed by atoms with van der Waals surface area (Å²) in [5.41, 5.74) is 6.11. The third-order valence-corrected chi connectivity index (χ3v) is 6.37. The van der Waals surface area contributed by atoms with Crippen LogP contribution in [-0.4, -0.2) is 41.4 Å². The second-order valence-corrected chi connectivity index (χ2v) is 8.94. The lowest BCUT2D eigenvalue weighted by molar-refractivity contribution is -0.138. The summed E-state index contributed by atoms with van der Waals surface area (Å²) in [5.74, 6) is 1.88. The molecule has 2 N–H and O–H groups in total. The van der Waals surface area contributed by atoms with Crippen LogP contribution in [0.1, 0.15) is 42.3 Å². The van der Waals surface area contributed by atoms with E-state index in [1.807, 2.05) is 23.1 Å². The largest absolute Gasteiger partial charge is 0.493 e. The molecule has 3 heterocycles. The number of aryl methyl sites for hydroxylation is 1. The predicted molar refractivity (Wildman–Crippen MR) is 128 cm³/mol. The van der Waals surface area contributed by atoms with Crippen LogP contribution in [0.25, 0.3) is 11.4 Å². The van der Waals surface area contributed by atoms with Gasteiger partial charge in [0.25, 0.3) is 0 Å². The molecule has 1 saturated heterocycles. The Balaban J connectivity index is 1.26. The Morgan fingerprint density at radius 3 is 2.73 bits per heavy atom. The number of hydrogen-bond acceptors (Lipinski definition) is 8. The fourth-order valence-electron chi connectivity index (χ4n) is 4.57. The lowest BCUT2D eigenvalue weighted by atomic mass is 10.1. The zero-order valence-electron chi connectivity index (χ0n) is 20.1. The summed E-state index contributed by atoms with van der Waals surface area (Å²) in [5, 5.41) is 3.91. The molecule has 0 radical (unpaired) electrons. The molecule has 0 spiro atoms. The van der Waals surface area contributed by atoms with Crippen LogP contribution < -0.4 is 19.9 Å². The van der Waals surface area contributed by atoms with Gasteiger partial charge in [0.05, 0.1) is 18.0 Å². The molecule has 3 aromatic rings. The Bertz CT molecular complexity index is 1280. The van der Waals surface area contributed by atoms with Crippen molar-refractivity contribution in [3.8, 4) is 28.6 Å². The Morgan fingerprint density at radius 2 is 1.95 bits per heavy atom. The van der Waals surface area contributed by atoms with Crippen molar-refractivity contribution in [3.05, 3.63) is 65.8 Å². The third-order valence-electron chi connectivity index (χ3n) is 6.37. The van der Waals surface area contributed by atoms with E-state index in [0.717, 1.165) is 24.5 Å². The van der Waals surface area contributed by atoms with Gasteiger partial charge in [0.15, 0.2) is 11.5 Å². The number of halogens is 3. The van der Waals surface area contributed by atoms with Crippen LogP contribution in [0.5, 0.6) is 17.2 Å². The number of fused-ring (bicyclic) bond motifs is 1. The van der Waals surface area contributed by atoms with Crippen LogP contribution >= 0.6 is 0 Å². The van der Waals surface area contributed by atoms with Crippen molar-refractivity contribution in [2.75, 3.05) is 26.4 Å². The molecule has 11 heteroatoms. The molecular weight excluding hydrogens is 489 g/mol. The quantitative estimate of drug-likeness (QED) is 0.413. The van der Waals surface area contributed by atoms with E-state index in [4.69, 9.17) is 24.5 Å². The van der Waals surface area contributed by atoms with Gasteiger partial charge in [0, 0.05) is 12.1 Å². The molecule has 1 atom stereocenters. The monoisotopic (exact) mass is 516 g/mol. The molecule has 2 aromatic carbocycles. The third kappa shape index (κ3) is 5.45. The Labute approximate surface area is 211 Å². The Morgan fingerprint density at radius 1 is 1.14 bits per heavy atom. The number of rotatable bonds is 8. The van der Waals surface area contributed by atoms with Crippen LogP contribution in [0, 0.1) is 0 Å². The molecule has 1 fully saturated rings. The highest BCUT2D eigenvalue weighted by Gasteiger charge is 2.36. The summed E-state index contributed by atoms with van der Waals surface area (Å²) in [6.07, 6.45) is -1.86. The van der Waals surface area contributed by atoms with Crippen LogP contribution in [-0.2, 0) is 12.6 Å². The highest BCUT2D eigenvalue weighted by molar-refractivity contribution is 5.59. The molecule has 5 rings (SSSR count). The van der Waals surface area contributed by atoms with Gasteiger partial charge in [0.2, 0.25) is 11.7 Å². The van der Waals surface area contributed by atoms with Crippen molar-refractivity contribution in [1.82, 2.24) is 15.0 Å². The zero-order chi connectivity index (χ0) is 26.0. The van der Waals surface area contributed by atoms with Crippen molar-refractivity contribution in [3.63, 3.8) is 0 Å². The molecule has 0 amide bonds. The summed E-state index contributed by atoms with van der Waals surface area (Å²) in [6.45, 7) is 5.58. The molecule has 0 saturated carbocycles. The minimum absolute atomic E-state index is 0.0696. The van der Waals surface area contributed by atoms with Crippen molar-refractivity contribution in [2.24, 2.45) is 5.73 Å². The highest BCUT2D eigenvalue weighted by Crippen LogP contribution is 2.39. The second kappa shape index (κ2) is 10.2. The van der Waals surface area contributed by atoms with E-state index in [-0.39, 0.29) is 29.8 Å². The first-order chi connectivity index (χ1) is 17.8. The van der Waals surface area contributed by atoms with Gasteiger partial charge in [0.1, 0.15) is 25.0 Å². The second-order valence-electron chi connectivity index (χ2n) is 8.94. The molecular formula is C26H27F3N4O4. The first-order valence-electron chi connectivity index (χ1n) is 12.1. The Kier molecular flexibility index (Phi) is 6.86. The summed E-state index contributed by atoms with van der Waals surface area (Å²) < 4.78 is 63.6. The zero-order valence-corrected chi connectivity index (χ0v) is 20.1. The van der Waals surface area contributed by atoms with E-state index in [1.165, 1.54) is 12.1 Å². The first-order valence-corrected chi connectivity index (χ1v) is 12.1. The van der Waals surface area contributed by atoms with Gasteiger partial charge in [-0.1, -0.05) is 17.8 Å². The summed E-state index contributed by atoms with van der Waals surface area (Å²) in [7, 11) is 0. The molecule has 37 heavy (non-hydrogen) atoms. The van der Waals surface area contributed by atoms with E-state index >= 15 is 0 Å². The first kappa shape index (κ1) is 24.8. The van der Waals surface area contributed by atoms with Gasteiger partial charge in [-0.2, -0.15) is 18.2 Å². The lowest BCUT2D eigenvalue weighted by Crippen LogP contribution is -2.26. The molecule has 2 aliphatic heterocycles. The van der Waals surface area contributed by atoms with Crippen molar-refractivity contribution >= 4 is 0 Å². The van der Waals surface area contributed by atoms with E-state index < -0.39 is 11.7 Å². The van der Waals surface area contributed by atoms with Crippen molar-refractivity contribution in [2.45, 2.75) is 37.9 Å². The SMILES string of the molecule is C=C(N)N1CCC[C@H]1c1nc(-c2ccc(OCCCc3ccc4c(c3)OCCO4)c(C(F)(F)F)c2)no1. The average molecular weight is 517 g/mol. The molecule has 0 unspecified atom stereocenters. The van der Waals surface area contributed by atoms with Gasteiger partial charge < -0.3 is 29.4 Å². The van der Waals surface area contributed by atoms with Gasteiger partial charge in [-0.3, -0.25) is 0 Å². The summed E-state index contributed by atoms with van der Waals surface area (Å²) in [4.78, 5) is 6.19. The fourth-order valence-corrected chi connectivity index (χ4v) is 4.57. The maximum Gasteiger partial charge on any atom is 0.419 e.